The second-order valence-electron chi connectivity index (χ2n) is 13.5. The van der Waals surface area contributed by atoms with Crippen LogP contribution < -0.4 is 20.7 Å². The van der Waals surface area contributed by atoms with E-state index in [1.807, 2.05) is 69.0 Å². The number of hydrogen-bond acceptors (Lipinski definition) is 7. The van der Waals surface area contributed by atoms with Gasteiger partial charge in [0, 0.05) is 37.5 Å². The number of carboxylic acid groups (broad SMARTS) is 1. The second kappa shape index (κ2) is 11.7. The number of amides is 1. The fourth-order valence-corrected chi connectivity index (χ4v) is 10.6. The van der Waals surface area contributed by atoms with Gasteiger partial charge in [-0.05, 0) is 43.1 Å². The quantitative estimate of drug-likeness (QED) is 0.411. The third-order valence-electron chi connectivity index (χ3n) is 9.10. The lowest BCUT2D eigenvalue weighted by Gasteiger charge is -2.46. The Morgan fingerprint density at radius 1 is 0.953 bits per heavy atom. The first-order chi connectivity index (χ1) is 20.2. The summed E-state index contributed by atoms with van der Waals surface area (Å²) < 4.78 is 19.4. The zero-order valence-corrected chi connectivity index (χ0v) is 27.3. The number of benzene rings is 2. The first-order valence-corrected chi connectivity index (χ1v) is 16.8. The van der Waals surface area contributed by atoms with Crippen LogP contribution in [-0.2, 0) is 13.7 Å². The lowest BCUT2D eigenvalue weighted by Crippen LogP contribution is -2.68. The second-order valence-corrected chi connectivity index (χ2v) is 17.8. The summed E-state index contributed by atoms with van der Waals surface area (Å²) in [5, 5.41) is 12.2. The first-order valence-electron chi connectivity index (χ1n) is 14.9. The van der Waals surface area contributed by atoms with Crippen LogP contribution in [0.5, 0.6) is 0 Å². The summed E-state index contributed by atoms with van der Waals surface area (Å²) in [5.74, 6) is 0.542. The summed E-state index contributed by atoms with van der Waals surface area (Å²) in [4.78, 5) is 25.2. The van der Waals surface area contributed by atoms with Crippen LogP contribution in [0.2, 0.25) is 5.04 Å². The normalized spacial score (nSPS) is 20.3. The Morgan fingerprint density at radius 3 is 1.93 bits per heavy atom. The Bertz CT molecular complexity index is 1350. The zero-order valence-electron chi connectivity index (χ0n) is 26.3. The van der Waals surface area contributed by atoms with Crippen LogP contribution >= 0.6 is 0 Å². The molecule has 2 aliphatic heterocycles. The molecule has 0 bridgehead atoms. The molecule has 2 aliphatic rings. The summed E-state index contributed by atoms with van der Waals surface area (Å²) >= 11 is 0. The maximum Gasteiger partial charge on any atom is 0.498 e. The molecule has 0 spiro atoms. The third kappa shape index (κ3) is 5.96. The van der Waals surface area contributed by atoms with Crippen LogP contribution in [0.4, 0.5) is 10.7 Å². The van der Waals surface area contributed by atoms with Crippen molar-refractivity contribution in [3.8, 4) is 0 Å². The number of nitrogens with zero attached hydrogens (tertiary/aromatic N) is 4. The van der Waals surface area contributed by atoms with E-state index in [0.29, 0.717) is 25.6 Å². The van der Waals surface area contributed by atoms with Crippen molar-refractivity contribution < 1.29 is 23.6 Å². The predicted octanol–water partition coefficient (Wildman–Crippen LogP) is 3.52. The van der Waals surface area contributed by atoms with E-state index in [2.05, 4.69) is 55.0 Å². The minimum atomic E-state index is -2.84. The SMILES string of the molecule is CC1(C)OB(c2cnc(N3CCN(C(=O)O)C(CO[Si](c4ccccc4)(c4ccccc4)C(C)(C)C)C3)nc2)OC1(C)C. The van der Waals surface area contributed by atoms with Gasteiger partial charge in [0.05, 0.1) is 23.9 Å². The lowest BCUT2D eigenvalue weighted by molar-refractivity contribution is 0.00578. The number of aromatic nitrogens is 2. The van der Waals surface area contributed by atoms with E-state index in [9.17, 15) is 9.90 Å². The topological polar surface area (TPSA) is 97.3 Å². The van der Waals surface area contributed by atoms with E-state index in [4.69, 9.17) is 13.7 Å². The van der Waals surface area contributed by atoms with Gasteiger partial charge in [-0.2, -0.15) is 0 Å². The summed E-state index contributed by atoms with van der Waals surface area (Å²) in [7, 11) is -3.39. The van der Waals surface area contributed by atoms with Gasteiger partial charge in [-0.25, -0.2) is 14.8 Å². The molecule has 43 heavy (non-hydrogen) atoms. The maximum absolute atomic E-state index is 12.4. The third-order valence-corrected chi connectivity index (χ3v) is 14.1. The van der Waals surface area contributed by atoms with Crippen molar-refractivity contribution in [3.05, 3.63) is 73.1 Å². The summed E-state index contributed by atoms with van der Waals surface area (Å²) in [5.41, 5.74) is -0.165. The largest absolute Gasteiger partial charge is 0.498 e. The molecular formula is C32H43BN4O5Si. The lowest BCUT2D eigenvalue weighted by atomic mass is 9.81. The van der Waals surface area contributed by atoms with E-state index in [0.717, 1.165) is 15.8 Å². The molecule has 0 saturated carbocycles. The van der Waals surface area contributed by atoms with E-state index >= 15 is 0 Å². The van der Waals surface area contributed by atoms with Gasteiger partial charge in [-0.3, -0.25) is 4.90 Å². The Balaban J connectivity index is 1.40. The molecule has 0 aliphatic carbocycles. The van der Waals surface area contributed by atoms with Crippen molar-refractivity contribution in [3.63, 3.8) is 0 Å². The van der Waals surface area contributed by atoms with Gasteiger partial charge in [0.1, 0.15) is 0 Å². The van der Waals surface area contributed by atoms with Gasteiger partial charge in [0.25, 0.3) is 8.32 Å². The molecule has 5 rings (SSSR count). The van der Waals surface area contributed by atoms with Crippen LogP contribution in [0.3, 0.4) is 0 Å². The Hall–Kier alpha value is -3.25. The highest BCUT2D eigenvalue weighted by Crippen LogP contribution is 2.38. The van der Waals surface area contributed by atoms with Gasteiger partial charge < -0.3 is 23.7 Å². The fourth-order valence-electron chi connectivity index (χ4n) is 6.01. The molecule has 1 N–H and O–H groups in total. The zero-order chi connectivity index (χ0) is 31.0. The molecule has 0 radical (unpaired) electrons. The number of carbonyl (C=O) groups is 1. The van der Waals surface area contributed by atoms with Crippen molar-refractivity contribution >= 4 is 43.3 Å². The van der Waals surface area contributed by atoms with Crippen LogP contribution in [-0.4, -0.2) is 85.0 Å². The van der Waals surface area contributed by atoms with Crippen LogP contribution in [0.15, 0.2) is 73.1 Å². The van der Waals surface area contributed by atoms with Crippen LogP contribution in [0.1, 0.15) is 48.5 Å². The minimum Gasteiger partial charge on any atom is -0.465 e. The molecule has 11 heteroatoms. The molecular weight excluding hydrogens is 559 g/mol. The predicted molar refractivity (Wildman–Crippen MR) is 172 cm³/mol. The Morgan fingerprint density at radius 2 is 1.47 bits per heavy atom. The summed E-state index contributed by atoms with van der Waals surface area (Å²) in [6.45, 7) is 16.2. The monoisotopic (exact) mass is 602 g/mol. The van der Waals surface area contributed by atoms with Crippen molar-refractivity contribution in [1.29, 1.82) is 0 Å². The van der Waals surface area contributed by atoms with Gasteiger partial charge in [0.2, 0.25) is 5.95 Å². The molecule has 3 heterocycles. The molecule has 1 aromatic heterocycles. The van der Waals surface area contributed by atoms with E-state index in [1.54, 1.807) is 12.4 Å². The van der Waals surface area contributed by atoms with Gasteiger partial charge in [-0.1, -0.05) is 81.4 Å². The minimum absolute atomic E-state index is 0.218. The molecule has 2 fully saturated rings. The van der Waals surface area contributed by atoms with Crippen LogP contribution in [0, 0.1) is 0 Å². The average Bonchev–Trinajstić information content (AvgIpc) is 3.20. The highest BCUT2D eigenvalue weighted by Gasteiger charge is 2.52. The van der Waals surface area contributed by atoms with Crippen LogP contribution in [0.25, 0.3) is 0 Å². The van der Waals surface area contributed by atoms with Gasteiger partial charge in [-0.15, -0.1) is 0 Å². The summed E-state index contributed by atoms with van der Waals surface area (Å²) in [6, 6.07) is 20.4. The molecule has 1 amide bonds. The molecule has 3 aromatic rings. The maximum atomic E-state index is 12.4. The number of hydrogen-bond donors (Lipinski definition) is 1. The fraction of sp³-hybridized carbons (Fsp3) is 0.469. The number of rotatable bonds is 7. The van der Waals surface area contributed by atoms with Crippen molar-refractivity contribution in [1.82, 2.24) is 14.9 Å². The Kier molecular flexibility index (Phi) is 8.47. The molecule has 1 atom stereocenters. The smallest absolute Gasteiger partial charge is 0.465 e. The number of anilines is 1. The standard InChI is InChI=1S/C32H43BN4O5Si/c1-30(2,3)43(26-14-10-8-11-15-26,27-16-12-9-13-17-27)40-23-25-22-36(18-19-37(25)29(38)39)28-34-20-24(21-35-28)33-41-31(4,5)32(6,7)42-33/h8-17,20-21,25H,18-19,22-23H2,1-7H3,(H,38,39). The van der Waals surface area contributed by atoms with Crippen molar-refractivity contribution in [2.45, 2.75) is 70.7 Å². The van der Waals surface area contributed by atoms with Crippen molar-refractivity contribution in [2.24, 2.45) is 0 Å². The van der Waals surface area contributed by atoms with E-state index < -0.39 is 38.8 Å². The van der Waals surface area contributed by atoms with Gasteiger partial charge >= 0.3 is 13.2 Å². The highest BCUT2D eigenvalue weighted by atomic mass is 28.4. The average molecular weight is 603 g/mol. The highest BCUT2D eigenvalue weighted by molar-refractivity contribution is 6.99. The van der Waals surface area contributed by atoms with Crippen molar-refractivity contribution in [2.75, 3.05) is 31.1 Å². The van der Waals surface area contributed by atoms with E-state index in [-0.39, 0.29) is 11.6 Å². The number of piperazine rings is 1. The Labute approximate surface area is 256 Å². The molecule has 2 saturated heterocycles. The molecule has 9 nitrogen and oxygen atoms in total. The molecule has 1 unspecified atom stereocenters. The van der Waals surface area contributed by atoms with Gasteiger partial charge in [0.15, 0.2) is 0 Å². The summed E-state index contributed by atoms with van der Waals surface area (Å²) in [6.07, 6.45) is 2.52. The first kappa shape index (κ1) is 31.2. The molecule has 228 valence electrons. The molecule has 2 aromatic carbocycles. The van der Waals surface area contributed by atoms with E-state index in [1.165, 1.54) is 4.90 Å².